The molecule has 0 bridgehead atoms. The second-order valence-electron chi connectivity index (χ2n) is 6.79. The molecule has 2 aromatic rings. The number of hydrogen-bond acceptors (Lipinski definition) is 3. The van der Waals surface area contributed by atoms with Gasteiger partial charge in [0.2, 0.25) is 0 Å². The second-order valence-corrected chi connectivity index (χ2v) is 6.79. The lowest BCUT2D eigenvalue weighted by molar-refractivity contribution is 0.414. The molecule has 1 aliphatic heterocycles. The van der Waals surface area contributed by atoms with Gasteiger partial charge in [-0.2, -0.15) is 5.26 Å². The summed E-state index contributed by atoms with van der Waals surface area (Å²) in [5.41, 5.74) is 2.16. The molecule has 1 N–H and O–H groups in total. The van der Waals surface area contributed by atoms with Crippen molar-refractivity contribution in [1.82, 2.24) is 10.2 Å². The normalized spacial score (nSPS) is 16.7. The predicted molar refractivity (Wildman–Crippen MR) is 108 cm³/mol. The molecule has 0 aliphatic carbocycles. The van der Waals surface area contributed by atoms with E-state index in [0.29, 0.717) is 17.0 Å². The van der Waals surface area contributed by atoms with Crippen molar-refractivity contribution in [3.8, 4) is 11.8 Å². The van der Waals surface area contributed by atoms with Crippen molar-refractivity contribution in [3.63, 3.8) is 0 Å². The molecule has 28 heavy (non-hydrogen) atoms. The molecule has 1 saturated heterocycles. The van der Waals surface area contributed by atoms with Crippen LogP contribution in [0.4, 0.5) is 4.39 Å². The fourth-order valence-corrected chi connectivity index (χ4v) is 3.45. The molecule has 0 aromatic heterocycles. The Morgan fingerprint density at radius 1 is 1.32 bits per heavy atom. The standard InChI is InChI=1S/C22H25FN4O/c1-3-25-22(26-14-19-12-16(13-24)4-9-21(19)23)27-11-10-18(15-27)17-5-7-20(28-2)8-6-17/h4-9,12,18H,3,10-11,14-15H2,1-2H3,(H,25,26). The van der Waals surface area contributed by atoms with E-state index in [9.17, 15) is 4.39 Å². The maximum absolute atomic E-state index is 14.0. The van der Waals surface area contributed by atoms with E-state index < -0.39 is 0 Å². The van der Waals surface area contributed by atoms with Gasteiger partial charge < -0.3 is 15.0 Å². The van der Waals surface area contributed by atoms with Crippen molar-refractivity contribution < 1.29 is 9.13 Å². The maximum Gasteiger partial charge on any atom is 0.194 e. The van der Waals surface area contributed by atoms with E-state index in [2.05, 4.69) is 27.3 Å². The average molecular weight is 380 g/mol. The summed E-state index contributed by atoms with van der Waals surface area (Å²) < 4.78 is 19.3. The van der Waals surface area contributed by atoms with Crippen LogP contribution in [0.15, 0.2) is 47.5 Å². The van der Waals surface area contributed by atoms with Crippen molar-refractivity contribution in [3.05, 3.63) is 65.0 Å². The summed E-state index contributed by atoms with van der Waals surface area (Å²) in [5, 5.41) is 12.3. The van der Waals surface area contributed by atoms with Gasteiger partial charge in [-0.3, -0.25) is 0 Å². The van der Waals surface area contributed by atoms with Gasteiger partial charge in [-0.15, -0.1) is 0 Å². The van der Waals surface area contributed by atoms with Crippen LogP contribution in [0, 0.1) is 17.1 Å². The Balaban J connectivity index is 1.71. The van der Waals surface area contributed by atoms with Crippen LogP contribution in [0.2, 0.25) is 0 Å². The SMILES string of the molecule is CCNC(=NCc1cc(C#N)ccc1F)N1CCC(c2ccc(OC)cc2)C1. The minimum Gasteiger partial charge on any atom is -0.497 e. The van der Waals surface area contributed by atoms with Gasteiger partial charge in [-0.05, 0) is 49.2 Å². The van der Waals surface area contributed by atoms with Crippen molar-refractivity contribution in [2.75, 3.05) is 26.7 Å². The first-order valence-electron chi connectivity index (χ1n) is 9.50. The highest BCUT2D eigenvalue weighted by molar-refractivity contribution is 5.80. The van der Waals surface area contributed by atoms with Crippen LogP contribution in [-0.2, 0) is 6.54 Å². The van der Waals surface area contributed by atoms with Crippen molar-refractivity contribution >= 4 is 5.96 Å². The van der Waals surface area contributed by atoms with Gasteiger partial charge in [-0.1, -0.05) is 12.1 Å². The Morgan fingerprint density at radius 2 is 2.11 bits per heavy atom. The molecular weight excluding hydrogens is 355 g/mol. The minimum absolute atomic E-state index is 0.202. The first kappa shape index (κ1) is 19.7. The number of hydrogen-bond donors (Lipinski definition) is 1. The number of halogens is 1. The largest absolute Gasteiger partial charge is 0.497 e. The van der Waals surface area contributed by atoms with Gasteiger partial charge >= 0.3 is 0 Å². The summed E-state index contributed by atoms with van der Waals surface area (Å²) in [6.45, 7) is 4.71. The Kier molecular flexibility index (Phi) is 6.49. The quantitative estimate of drug-likeness (QED) is 0.635. The molecule has 0 saturated carbocycles. The molecule has 1 unspecified atom stereocenters. The van der Waals surface area contributed by atoms with Crippen molar-refractivity contribution in [2.45, 2.75) is 25.8 Å². The number of rotatable bonds is 5. The van der Waals surface area contributed by atoms with Crippen molar-refractivity contribution in [1.29, 1.82) is 5.26 Å². The average Bonchev–Trinajstić information content (AvgIpc) is 3.22. The van der Waals surface area contributed by atoms with Gasteiger partial charge in [0.15, 0.2) is 5.96 Å². The van der Waals surface area contributed by atoms with E-state index in [1.165, 1.54) is 17.7 Å². The molecule has 146 valence electrons. The zero-order chi connectivity index (χ0) is 19.9. The van der Waals surface area contributed by atoms with E-state index >= 15 is 0 Å². The van der Waals surface area contributed by atoms with E-state index in [1.807, 2.05) is 25.1 Å². The topological polar surface area (TPSA) is 60.7 Å². The van der Waals surface area contributed by atoms with E-state index in [0.717, 1.165) is 37.8 Å². The van der Waals surface area contributed by atoms with Crippen LogP contribution in [0.1, 0.15) is 36.0 Å². The number of methoxy groups -OCH3 is 1. The first-order valence-corrected chi connectivity index (χ1v) is 9.50. The molecule has 1 heterocycles. The number of guanidine groups is 1. The third kappa shape index (κ3) is 4.61. The summed E-state index contributed by atoms with van der Waals surface area (Å²) in [7, 11) is 1.67. The Bertz CT molecular complexity index is 873. The molecule has 1 atom stereocenters. The fourth-order valence-electron chi connectivity index (χ4n) is 3.45. The molecule has 3 rings (SSSR count). The van der Waals surface area contributed by atoms with E-state index in [-0.39, 0.29) is 12.4 Å². The van der Waals surface area contributed by atoms with Crippen LogP contribution in [0.3, 0.4) is 0 Å². The van der Waals surface area contributed by atoms with Gasteiger partial charge in [0, 0.05) is 31.1 Å². The Hall–Kier alpha value is -3.07. The van der Waals surface area contributed by atoms with Gasteiger partial charge in [0.25, 0.3) is 0 Å². The second kappa shape index (κ2) is 9.23. The summed E-state index contributed by atoms with van der Waals surface area (Å²) in [4.78, 5) is 6.83. The molecule has 1 aliphatic rings. The fraction of sp³-hybridized carbons (Fsp3) is 0.364. The van der Waals surface area contributed by atoms with Crippen LogP contribution < -0.4 is 10.1 Å². The van der Waals surface area contributed by atoms with Crippen LogP contribution in [0.5, 0.6) is 5.75 Å². The van der Waals surface area contributed by atoms with Crippen LogP contribution in [-0.4, -0.2) is 37.6 Å². The molecule has 0 amide bonds. The molecule has 0 spiro atoms. The van der Waals surface area contributed by atoms with Gasteiger partial charge in [0.05, 0.1) is 25.3 Å². The Labute approximate surface area is 165 Å². The lowest BCUT2D eigenvalue weighted by Gasteiger charge is -2.22. The highest BCUT2D eigenvalue weighted by Gasteiger charge is 2.26. The number of aliphatic imine (C=N–C) groups is 1. The van der Waals surface area contributed by atoms with E-state index in [1.54, 1.807) is 13.2 Å². The molecule has 6 heteroatoms. The first-order chi connectivity index (χ1) is 13.6. The highest BCUT2D eigenvalue weighted by atomic mass is 19.1. The number of benzene rings is 2. The molecule has 1 fully saturated rings. The van der Waals surface area contributed by atoms with Crippen molar-refractivity contribution in [2.24, 2.45) is 4.99 Å². The zero-order valence-electron chi connectivity index (χ0n) is 16.3. The lowest BCUT2D eigenvalue weighted by Crippen LogP contribution is -2.40. The van der Waals surface area contributed by atoms with Gasteiger partial charge in [0.1, 0.15) is 11.6 Å². The number of likely N-dealkylation sites (tertiary alicyclic amines) is 1. The Morgan fingerprint density at radius 3 is 2.79 bits per heavy atom. The molecule has 0 radical (unpaired) electrons. The lowest BCUT2D eigenvalue weighted by atomic mass is 9.98. The number of ether oxygens (including phenoxy) is 1. The number of nitriles is 1. The maximum atomic E-state index is 14.0. The third-order valence-electron chi connectivity index (χ3n) is 4.98. The molecule has 5 nitrogen and oxygen atoms in total. The van der Waals surface area contributed by atoms with Crippen LogP contribution >= 0.6 is 0 Å². The van der Waals surface area contributed by atoms with Gasteiger partial charge in [-0.25, -0.2) is 9.38 Å². The number of nitrogens with zero attached hydrogens (tertiary/aromatic N) is 3. The summed E-state index contributed by atoms with van der Waals surface area (Å²) in [6, 6.07) is 14.6. The predicted octanol–water partition coefficient (Wildman–Crippen LogP) is 3.66. The smallest absolute Gasteiger partial charge is 0.194 e. The minimum atomic E-state index is -0.337. The summed E-state index contributed by atoms with van der Waals surface area (Å²) in [6.07, 6.45) is 1.04. The summed E-state index contributed by atoms with van der Waals surface area (Å²) >= 11 is 0. The number of nitrogens with one attached hydrogen (secondary N) is 1. The monoisotopic (exact) mass is 380 g/mol. The highest BCUT2D eigenvalue weighted by Crippen LogP contribution is 2.28. The molecule has 2 aromatic carbocycles. The van der Waals surface area contributed by atoms with Crippen LogP contribution in [0.25, 0.3) is 0 Å². The summed E-state index contributed by atoms with van der Waals surface area (Å²) in [5.74, 6) is 1.72. The molecular formula is C22H25FN4O. The third-order valence-corrected chi connectivity index (χ3v) is 4.98. The van der Waals surface area contributed by atoms with E-state index in [4.69, 9.17) is 10.00 Å². The zero-order valence-corrected chi connectivity index (χ0v) is 16.3.